The Morgan fingerprint density at radius 2 is 2.21 bits per heavy atom. The quantitative estimate of drug-likeness (QED) is 0.796. The number of aromatic nitrogens is 2. The van der Waals surface area contributed by atoms with Gasteiger partial charge in [0.05, 0.1) is 0 Å². The smallest absolute Gasteiger partial charge is 0.202 e. The topological polar surface area (TPSA) is 63.8 Å². The lowest BCUT2D eigenvalue weighted by Crippen LogP contribution is -2.28. The lowest BCUT2D eigenvalue weighted by molar-refractivity contribution is 0.345. The Balaban J connectivity index is 1.79. The van der Waals surface area contributed by atoms with Crippen LogP contribution in [0.1, 0.15) is 25.7 Å². The third-order valence-corrected chi connectivity index (χ3v) is 3.46. The molecule has 0 atom stereocenters. The van der Waals surface area contributed by atoms with Gasteiger partial charge in [-0.3, -0.25) is 0 Å². The summed E-state index contributed by atoms with van der Waals surface area (Å²) < 4.78 is 3.97. The molecule has 1 saturated carbocycles. The molecular formula is C9H16N4S. The van der Waals surface area contributed by atoms with E-state index >= 15 is 0 Å². The van der Waals surface area contributed by atoms with Crippen molar-refractivity contribution in [2.24, 2.45) is 11.7 Å². The maximum Gasteiger partial charge on any atom is 0.202 e. The zero-order valence-electron chi connectivity index (χ0n) is 8.15. The summed E-state index contributed by atoms with van der Waals surface area (Å²) in [6.07, 6.45) is 6.50. The highest BCUT2D eigenvalue weighted by atomic mass is 32.1. The molecule has 1 aliphatic carbocycles. The summed E-state index contributed by atoms with van der Waals surface area (Å²) in [5, 5.41) is 4.36. The van der Waals surface area contributed by atoms with Crippen LogP contribution in [0.25, 0.3) is 0 Å². The molecule has 3 N–H and O–H groups in total. The Hall–Kier alpha value is -0.680. The number of nitrogens with one attached hydrogen (secondary N) is 1. The van der Waals surface area contributed by atoms with Crippen LogP contribution in [-0.2, 0) is 0 Å². The minimum absolute atomic E-state index is 0.575. The molecule has 0 aliphatic heterocycles. The van der Waals surface area contributed by atoms with Crippen LogP contribution in [0.5, 0.6) is 0 Å². The van der Waals surface area contributed by atoms with Crippen LogP contribution in [0.15, 0.2) is 6.33 Å². The molecular weight excluding hydrogens is 196 g/mol. The van der Waals surface area contributed by atoms with E-state index in [4.69, 9.17) is 5.73 Å². The van der Waals surface area contributed by atoms with Gasteiger partial charge in [0.2, 0.25) is 5.13 Å². The average molecular weight is 212 g/mol. The van der Waals surface area contributed by atoms with Crippen LogP contribution >= 0.6 is 11.5 Å². The molecule has 0 radical (unpaired) electrons. The van der Waals surface area contributed by atoms with Crippen LogP contribution < -0.4 is 11.1 Å². The van der Waals surface area contributed by atoms with Crippen LogP contribution in [0.4, 0.5) is 5.13 Å². The fourth-order valence-corrected chi connectivity index (χ4v) is 2.46. The Morgan fingerprint density at radius 3 is 2.79 bits per heavy atom. The van der Waals surface area contributed by atoms with Crippen molar-refractivity contribution in [2.75, 3.05) is 11.9 Å². The van der Waals surface area contributed by atoms with Gasteiger partial charge < -0.3 is 11.1 Å². The van der Waals surface area contributed by atoms with E-state index in [9.17, 15) is 0 Å². The molecule has 0 bridgehead atoms. The molecule has 1 aromatic heterocycles. The van der Waals surface area contributed by atoms with Gasteiger partial charge in [0.25, 0.3) is 0 Å². The van der Waals surface area contributed by atoms with E-state index < -0.39 is 0 Å². The first-order valence-corrected chi connectivity index (χ1v) is 5.89. The molecule has 0 aromatic carbocycles. The van der Waals surface area contributed by atoms with E-state index in [-0.39, 0.29) is 0 Å². The maximum absolute atomic E-state index is 5.64. The monoisotopic (exact) mass is 212 g/mol. The fraction of sp³-hybridized carbons (Fsp3) is 0.778. The van der Waals surface area contributed by atoms with E-state index in [1.165, 1.54) is 37.2 Å². The summed E-state index contributed by atoms with van der Waals surface area (Å²) in [6.45, 7) is 0.839. The molecule has 0 amide bonds. The average Bonchev–Trinajstić information content (AvgIpc) is 2.72. The van der Waals surface area contributed by atoms with Gasteiger partial charge in [-0.05, 0) is 38.1 Å². The maximum atomic E-state index is 5.64. The van der Waals surface area contributed by atoms with Crippen LogP contribution in [0, 0.1) is 5.92 Å². The number of nitrogens with two attached hydrogens (primary N) is 1. The Bertz CT molecular complexity index is 254. The van der Waals surface area contributed by atoms with E-state index in [1.54, 1.807) is 6.33 Å². The Labute approximate surface area is 88.1 Å². The second-order valence-corrected chi connectivity index (χ2v) is 4.62. The molecule has 78 valence electrons. The first kappa shape index (κ1) is 9.86. The van der Waals surface area contributed by atoms with Crippen molar-refractivity contribution in [2.45, 2.75) is 31.7 Å². The second kappa shape index (κ2) is 4.70. The molecule has 1 fully saturated rings. The van der Waals surface area contributed by atoms with E-state index in [1.807, 2.05) is 0 Å². The van der Waals surface area contributed by atoms with Gasteiger partial charge >= 0.3 is 0 Å². The predicted octanol–water partition coefficient (Wildman–Crippen LogP) is 1.47. The number of anilines is 1. The molecule has 14 heavy (non-hydrogen) atoms. The molecule has 5 heteroatoms. The second-order valence-electron chi connectivity index (χ2n) is 3.84. The van der Waals surface area contributed by atoms with Gasteiger partial charge in [-0.2, -0.15) is 4.37 Å². The van der Waals surface area contributed by atoms with Gasteiger partial charge in [0, 0.05) is 17.6 Å². The Morgan fingerprint density at radius 1 is 1.43 bits per heavy atom. The standard InChI is InChI=1S/C9H16N4S/c10-5-7-1-3-8(4-2-7)13-9-11-6-12-14-9/h6-8H,1-5,10H2,(H,11,12,13). The van der Waals surface area contributed by atoms with E-state index in [0.29, 0.717) is 6.04 Å². The SMILES string of the molecule is NCC1CCC(Nc2ncns2)CC1. The summed E-state index contributed by atoms with van der Waals surface area (Å²) in [7, 11) is 0. The summed E-state index contributed by atoms with van der Waals surface area (Å²) in [5.41, 5.74) is 5.64. The van der Waals surface area contributed by atoms with E-state index in [2.05, 4.69) is 14.7 Å². The zero-order chi connectivity index (χ0) is 9.80. The summed E-state index contributed by atoms with van der Waals surface area (Å²) in [4.78, 5) is 4.12. The molecule has 1 heterocycles. The number of hydrogen-bond acceptors (Lipinski definition) is 5. The molecule has 4 nitrogen and oxygen atoms in total. The first-order chi connectivity index (χ1) is 6.88. The van der Waals surface area contributed by atoms with Crippen LogP contribution in [0.2, 0.25) is 0 Å². The van der Waals surface area contributed by atoms with Gasteiger partial charge in [0.1, 0.15) is 6.33 Å². The number of hydrogen-bond donors (Lipinski definition) is 2. The summed E-state index contributed by atoms with van der Waals surface area (Å²) in [5.74, 6) is 0.738. The largest absolute Gasteiger partial charge is 0.358 e. The molecule has 1 aliphatic rings. The fourth-order valence-electron chi connectivity index (χ4n) is 1.95. The van der Waals surface area contributed by atoms with Gasteiger partial charge in [-0.1, -0.05) is 0 Å². The van der Waals surface area contributed by atoms with Gasteiger partial charge in [-0.15, -0.1) is 0 Å². The summed E-state index contributed by atoms with van der Waals surface area (Å²) >= 11 is 1.43. The van der Waals surface area contributed by atoms with Crippen molar-refractivity contribution in [1.82, 2.24) is 9.36 Å². The third kappa shape index (κ3) is 2.42. The van der Waals surface area contributed by atoms with E-state index in [0.717, 1.165) is 17.6 Å². The van der Waals surface area contributed by atoms with Gasteiger partial charge in [0.15, 0.2) is 0 Å². The third-order valence-electron chi connectivity index (χ3n) is 2.87. The number of rotatable bonds is 3. The van der Waals surface area contributed by atoms with Crippen LogP contribution in [-0.4, -0.2) is 21.9 Å². The minimum atomic E-state index is 0.575. The van der Waals surface area contributed by atoms with Crippen molar-refractivity contribution >= 4 is 16.7 Å². The molecule has 0 unspecified atom stereocenters. The molecule has 0 spiro atoms. The van der Waals surface area contributed by atoms with Crippen molar-refractivity contribution in [3.05, 3.63) is 6.33 Å². The van der Waals surface area contributed by atoms with Crippen LogP contribution in [0.3, 0.4) is 0 Å². The van der Waals surface area contributed by atoms with Gasteiger partial charge in [-0.25, -0.2) is 4.98 Å². The van der Waals surface area contributed by atoms with Crippen molar-refractivity contribution < 1.29 is 0 Å². The predicted molar refractivity (Wildman–Crippen MR) is 58.3 cm³/mol. The number of nitrogens with zero attached hydrogens (tertiary/aromatic N) is 2. The summed E-state index contributed by atoms with van der Waals surface area (Å²) in [6, 6.07) is 0.575. The Kier molecular flexibility index (Phi) is 3.31. The van der Waals surface area contributed by atoms with Crippen molar-refractivity contribution in [1.29, 1.82) is 0 Å². The highest BCUT2D eigenvalue weighted by Gasteiger charge is 2.20. The molecule has 0 saturated heterocycles. The highest BCUT2D eigenvalue weighted by molar-refractivity contribution is 7.09. The molecule has 1 aromatic rings. The normalized spacial score (nSPS) is 27.5. The van der Waals surface area contributed by atoms with Crippen molar-refractivity contribution in [3.63, 3.8) is 0 Å². The minimum Gasteiger partial charge on any atom is -0.358 e. The molecule has 2 rings (SSSR count). The lowest BCUT2D eigenvalue weighted by Gasteiger charge is -2.27. The lowest BCUT2D eigenvalue weighted by atomic mass is 9.86. The van der Waals surface area contributed by atoms with Crippen molar-refractivity contribution in [3.8, 4) is 0 Å². The first-order valence-electron chi connectivity index (χ1n) is 5.11. The zero-order valence-corrected chi connectivity index (χ0v) is 8.96. The highest BCUT2D eigenvalue weighted by Crippen LogP contribution is 2.25.